The van der Waals surface area contributed by atoms with Crippen LogP contribution >= 0.6 is 11.3 Å². The van der Waals surface area contributed by atoms with Gasteiger partial charge in [-0.15, -0.1) is 0 Å². The first-order valence-corrected chi connectivity index (χ1v) is 11.5. The Morgan fingerprint density at radius 1 is 0.939 bits per heavy atom. The van der Waals surface area contributed by atoms with Gasteiger partial charge in [0.15, 0.2) is 16.5 Å². The number of imidazole rings is 1. The van der Waals surface area contributed by atoms with Gasteiger partial charge in [0.2, 0.25) is 0 Å². The molecule has 0 radical (unpaired) electrons. The Balaban J connectivity index is 1.72. The van der Waals surface area contributed by atoms with Gasteiger partial charge in [0.25, 0.3) is 5.56 Å². The third-order valence-corrected chi connectivity index (χ3v) is 6.31. The summed E-state index contributed by atoms with van der Waals surface area (Å²) in [6.07, 6.45) is 1.88. The zero-order valence-electron chi connectivity index (χ0n) is 18.3. The van der Waals surface area contributed by atoms with Crippen LogP contribution in [-0.4, -0.2) is 23.1 Å². The van der Waals surface area contributed by atoms with Crippen LogP contribution in [0.4, 0.5) is 0 Å². The van der Waals surface area contributed by atoms with Crippen molar-refractivity contribution in [3.63, 3.8) is 0 Å². The molecule has 5 aromatic rings. The van der Waals surface area contributed by atoms with Gasteiger partial charge in [-0.1, -0.05) is 78.1 Å². The van der Waals surface area contributed by atoms with Crippen LogP contribution in [0.3, 0.4) is 0 Å². The van der Waals surface area contributed by atoms with Crippen molar-refractivity contribution in [3.8, 4) is 34.0 Å². The van der Waals surface area contributed by atoms with Gasteiger partial charge in [-0.2, -0.15) is 0 Å². The Hall–Kier alpha value is -3.90. The first-order chi connectivity index (χ1) is 16.2. The predicted molar refractivity (Wildman–Crippen MR) is 133 cm³/mol. The summed E-state index contributed by atoms with van der Waals surface area (Å²) in [6, 6.07) is 25.5. The highest BCUT2D eigenvalue weighted by Gasteiger charge is 2.20. The molecule has 0 aliphatic heterocycles. The van der Waals surface area contributed by atoms with E-state index in [2.05, 4.69) is 0 Å². The highest BCUT2D eigenvalue weighted by atomic mass is 32.1. The molecule has 0 aliphatic carbocycles. The maximum absolute atomic E-state index is 13.6. The van der Waals surface area contributed by atoms with Crippen molar-refractivity contribution in [2.45, 2.75) is 6.92 Å². The summed E-state index contributed by atoms with van der Waals surface area (Å²) in [5, 5.41) is 0. The lowest BCUT2D eigenvalue weighted by Crippen LogP contribution is -2.23. The minimum atomic E-state index is -0.0858. The largest absolute Gasteiger partial charge is 0.493 e. The summed E-state index contributed by atoms with van der Waals surface area (Å²) in [6.45, 7) is 2.46. The lowest BCUT2D eigenvalue weighted by atomic mass is 10.1. The van der Waals surface area contributed by atoms with Crippen molar-refractivity contribution in [1.29, 1.82) is 0 Å². The molecular weight excluding hydrogens is 432 g/mol. The van der Waals surface area contributed by atoms with Crippen LogP contribution in [0, 0.1) is 0 Å². The molecule has 5 nitrogen and oxygen atoms in total. The molecule has 0 saturated heterocycles. The number of rotatable bonds is 6. The minimum Gasteiger partial charge on any atom is -0.493 e. The van der Waals surface area contributed by atoms with Crippen LogP contribution in [0.15, 0.2) is 83.7 Å². The predicted octanol–water partition coefficient (Wildman–Crippen LogP) is 5.05. The molecular formula is C27H22N2O3S. The molecule has 0 bridgehead atoms. The molecule has 0 saturated carbocycles. The average Bonchev–Trinajstić information content (AvgIpc) is 3.37. The average molecular weight is 455 g/mol. The number of ether oxygens (including phenoxy) is 2. The van der Waals surface area contributed by atoms with Gasteiger partial charge in [0.1, 0.15) is 0 Å². The zero-order valence-corrected chi connectivity index (χ0v) is 19.1. The smallest absolute Gasteiger partial charge is 0.274 e. The molecule has 6 heteroatoms. The molecule has 0 unspecified atom stereocenters. The number of methoxy groups -OCH3 is 1. The Morgan fingerprint density at radius 2 is 1.64 bits per heavy atom. The number of hydrogen-bond donors (Lipinski definition) is 0. The summed E-state index contributed by atoms with van der Waals surface area (Å²) in [4.78, 5) is 19.1. The van der Waals surface area contributed by atoms with Gasteiger partial charge >= 0.3 is 0 Å². The fraction of sp³-hybridized carbons (Fsp3) is 0.111. The summed E-state index contributed by atoms with van der Waals surface area (Å²) >= 11 is 1.38. The molecule has 0 atom stereocenters. The van der Waals surface area contributed by atoms with E-state index in [1.54, 1.807) is 11.5 Å². The van der Waals surface area contributed by atoms with E-state index in [1.165, 1.54) is 11.3 Å². The normalized spacial score (nSPS) is 11.8. The Bertz CT molecular complexity index is 1520. The van der Waals surface area contributed by atoms with Crippen LogP contribution < -0.4 is 19.6 Å². The Labute approximate surface area is 195 Å². The third kappa shape index (κ3) is 3.90. The second-order valence-corrected chi connectivity index (χ2v) is 8.43. The van der Waals surface area contributed by atoms with Gasteiger partial charge in [0, 0.05) is 11.1 Å². The molecule has 0 amide bonds. The standard InChI is InChI=1S/C27H22N2O3S/c1-3-32-22-16-18(14-15-21(22)31-2)17-23-26(30)29-25(20-12-8-5-9-13-20)24(28-27(29)33-23)19-10-6-4-7-11-19/h4-17H,3H2,1-2H3/b23-17+. The second kappa shape index (κ2) is 8.92. The Kier molecular flexibility index (Phi) is 5.67. The van der Waals surface area contributed by atoms with E-state index in [4.69, 9.17) is 14.5 Å². The fourth-order valence-electron chi connectivity index (χ4n) is 3.86. The van der Waals surface area contributed by atoms with Crippen molar-refractivity contribution >= 4 is 22.4 Å². The minimum absolute atomic E-state index is 0.0858. The van der Waals surface area contributed by atoms with Crippen molar-refractivity contribution in [3.05, 3.63) is 99.3 Å². The number of aromatic nitrogens is 2. The molecule has 164 valence electrons. The monoisotopic (exact) mass is 454 g/mol. The van der Waals surface area contributed by atoms with Crippen LogP contribution in [0.2, 0.25) is 0 Å². The van der Waals surface area contributed by atoms with Crippen molar-refractivity contribution in [2.75, 3.05) is 13.7 Å². The highest BCUT2D eigenvalue weighted by molar-refractivity contribution is 7.15. The molecule has 5 rings (SSSR count). The first-order valence-electron chi connectivity index (χ1n) is 10.7. The molecule has 0 N–H and O–H groups in total. The number of thiazole rings is 1. The van der Waals surface area contributed by atoms with Gasteiger partial charge in [-0.05, 0) is 30.7 Å². The molecule has 0 spiro atoms. The summed E-state index contributed by atoms with van der Waals surface area (Å²) < 4.78 is 13.4. The second-order valence-electron chi connectivity index (χ2n) is 7.42. The number of nitrogens with zero attached hydrogens (tertiary/aromatic N) is 2. The topological polar surface area (TPSA) is 52.8 Å². The Morgan fingerprint density at radius 3 is 2.30 bits per heavy atom. The van der Waals surface area contributed by atoms with Crippen molar-refractivity contribution < 1.29 is 9.47 Å². The van der Waals surface area contributed by atoms with Gasteiger partial charge in [-0.25, -0.2) is 9.38 Å². The number of hydrogen-bond acceptors (Lipinski definition) is 5. The summed E-state index contributed by atoms with van der Waals surface area (Å²) in [5.41, 5.74) is 4.33. The summed E-state index contributed by atoms with van der Waals surface area (Å²) in [7, 11) is 1.61. The van der Waals surface area contributed by atoms with Crippen molar-refractivity contribution in [2.24, 2.45) is 0 Å². The lowest BCUT2D eigenvalue weighted by Gasteiger charge is -2.09. The maximum atomic E-state index is 13.6. The quantitative estimate of drug-likeness (QED) is 0.361. The van der Waals surface area contributed by atoms with Gasteiger partial charge in [0.05, 0.1) is 29.6 Å². The fourth-order valence-corrected chi connectivity index (χ4v) is 4.84. The van der Waals surface area contributed by atoms with Crippen LogP contribution in [0.1, 0.15) is 12.5 Å². The van der Waals surface area contributed by atoms with E-state index in [0.717, 1.165) is 28.1 Å². The summed E-state index contributed by atoms with van der Waals surface area (Å²) in [5.74, 6) is 1.31. The highest BCUT2D eigenvalue weighted by Crippen LogP contribution is 2.32. The number of fused-ring (bicyclic) bond motifs is 1. The van der Waals surface area contributed by atoms with E-state index >= 15 is 0 Å². The van der Waals surface area contributed by atoms with E-state index in [0.29, 0.717) is 27.6 Å². The molecule has 0 fully saturated rings. The third-order valence-electron chi connectivity index (χ3n) is 5.34. The number of benzene rings is 3. The van der Waals surface area contributed by atoms with Crippen LogP contribution in [-0.2, 0) is 0 Å². The maximum Gasteiger partial charge on any atom is 0.274 e. The van der Waals surface area contributed by atoms with E-state index in [9.17, 15) is 4.79 Å². The SMILES string of the molecule is CCOc1cc(/C=c2/sc3nc(-c4ccccc4)c(-c4ccccc4)n3c2=O)ccc1OC. The van der Waals surface area contributed by atoms with E-state index in [1.807, 2.05) is 91.9 Å². The van der Waals surface area contributed by atoms with Gasteiger partial charge in [-0.3, -0.25) is 4.79 Å². The van der Waals surface area contributed by atoms with Gasteiger partial charge < -0.3 is 9.47 Å². The molecule has 33 heavy (non-hydrogen) atoms. The molecule has 2 heterocycles. The van der Waals surface area contributed by atoms with E-state index < -0.39 is 0 Å². The van der Waals surface area contributed by atoms with Crippen LogP contribution in [0.5, 0.6) is 11.5 Å². The molecule has 0 aliphatic rings. The van der Waals surface area contributed by atoms with Crippen molar-refractivity contribution in [1.82, 2.24) is 9.38 Å². The zero-order chi connectivity index (χ0) is 22.8. The molecule has 2 aromatic heterocycles. The van der Waals surface area contributed by atoms with E-state index in [-0.39, 0.29) is 5.56 Å². The lowest BCUT2D eigenvalue weighted by molar-refractivity contribution is 0.311. The first kappa shape index (κ1) is 21.0. The van der Waals surface area contributed by atoms with Crippen LogP contribution in [0.25, 0.3) is 33.6 Å². The molecule has 3 aromatic carbocycles.